The Morgan fingerprint density at radius 2 is 1.22 bits per heavy atom. The van der Waals surface area contributed by atoms with Gasteiger partial charge in [0, 0.05) is 40.1 Å². The molecule has 37 heavy (non-hydrogen) atoms. The number of nitrogens with one attached hydrogen (secondary N) is 2. The molecule has 2 N–H and O–H groups in total. The maximum absolute atomic E-state index is 5.06. The zero-order valence-electron chi connectivity index (χ0n) is 20.2. The molecule has 0 atom stereocenters. The van der Waals surface area contributed by atoms with Crippen LogP contribution in [0.1, 0.15) is 28.3 Å². The number of aryl methyl sites for hydroxylation is 1. The fraction of sp³-hybridized carbons (Fsp3) is 0.0312. The molecule has 2 aliphatic heterocycles. The average molecular weight is 478 g/mol. The summed E-state index contributed by atoms with van der Waals surface area (Å²) in [5, 5.41) is 0. The number of H-pyrrole nitrogens is 2. The van der Waals surface area contributed by atoms with Gasteiger partial charge in [-0.3, -0.25) is 4.98 Å². The molecule has 0 aliphatic carbocycles. The highest BCUT2D eigenvalue weighted by Crippen LogP contribution is 2.36. The zero-order valence-corrected chi connectivity index (χ0v) is 20.2. The maximum Gasteiger partial charge on any atom is 0.0737 e. The number of rotatable bonds is 2. The molecule has 5 heteroatoms. The van der Waals surface area contributed by atoms with Crippen molar-refractivity contribution in [3.63, 3.8) is 0 Å². The van der Waals surface area contributed by atoms with E-state index in [-0.39, 0.29) is 0 Å². The first-order valence-corrected chi connectivity index (χ1v) is 12.3. The van der Waals surface area contributed by atoms with Crippen LogP contribution in [0.2, 0.25) is 0 Å². The second-order valence-electron chi connectivity index (χ2n) is 9.34. The Balaban J connectivity index is 1.64. The van der Waals surface area contributed by atoms with Gasteiger partial charge in [-0.2, -0.15) is 0 Å². The molecular weight excluding hydrogens is 454 g/mol. The number of fused-ring (bicyclic) bond motifs is 8. The summed E-state index contributed by atoms with van der Waals surface area (Å²) in [6.45, 7) is 2.11. The summed E-state index contributed by atoms with van der Waals surface area (Å²) in [7, 11) is 0. The highest BCUT2D eigenvalue weighted by molar-refractivity contribution is 5.99. The van der Waals surface area contributed by atoms with Crippen molar-refractivity contribution >= 4 is 46.4 Å². The highest BCUT2D eigenvalue weighted by atomic mass is 14.8. The third-order valence-corrected chi connectivity index (χ3v) is 6.66. The van der Waals surface area contributed by atoms with Crippen molar-refractivity contribution in [2.24, 2.45) is 0 Å². The van der Waals surface area contributed by atoms with E-state index in [4.69, 9.17) is 9.97 Å². The minimum Gasteiger partial charge on any atom is -0.355 e. The van der Waals surface area contributed by atoms with Crippen LogP contribution in [0.25, 0.3) is 68.6 Å². The molecule has 7 rings (SSSR count). The third kappa shape index (κ3) is 4.06. The van der Waals surface area contributed by atoms with Crippen molar-refractivity contribution < 1.29 is 0 Å². The predicted octanol–water partition coefficient (Wildman–Crippen LogP) is 7.69. The third-order valence-electron chi connectivity index (χ3n) is 6.66. The number of hydrogen-bond donors (Lipinski definition) is 2. The molecule has 5 aromatic rings. The van der Waals surface area contributed by atoms with Crippen molar-refractivity contribution in [3.05, 3.63) is 114 Å². The molecule has 0 radical (unpaired) electrons. The van der Waals surface area contributed by atoms with Gasteiger partial charge < -0.3 is 9.97 Å². The van der Waals surface area contributed by atoms with E-state index in [0.717, 1.165) is 67.1 Å². The second-order valence-corrected chi connectivity index (χ2v) is 9.34. The Labute approximate surface area is 214 Å². The number of hydrogen-bond acceptors (Lipinski definition) is 3. The summed E-state index contributed by atoms with van der Waals surface area (Å²) in [5.74, 6) is 0. The molecule has 1 aromatic carbocycles. The lowest BCUT2D eigenvalue weighted by molar-refractivity contribution is 1.31. The van der Waals surface area contributed by atoms with Crippen molar-refractivity contribution in [2.45, 2.75) is 6.92 Å². The number of benzene rings is 1. The molecule has 0 saturated heterocycles. The fourth-order valence-corrected chi connectivity index (χ4v) is 4.88. The Bertz CT molecular complexity index is 1870. The van der Waals surface area contributed by atoms with E-state index in [9.17, 15) is 0 Å². The van der Waals surface area contributed by atoms with Crippen LogP contribution >= 0.6 is 0 Å². The Morgan fingerprint density at radius 1 is 0.568 bits per heavy atom. The van der Waals surface area contributed by atoms with Crippen LogP contribution in [-0.2, 0) is 0 Å². The lowest BCUT2D eigenvalue weighted by Crippen LogP contribution is -1.88. The molecule has 0 unspecified atom stereocenters. The summed E-state index contributed by atoms with van der Waals surface area (Å²) in [6.07, 6.45) is 11.9. The highest BCUT2D eigenvalue weighted by Gasteiger charge is 2.15. The smallest absolute Gasteiger partial charge is 0.0737 e. The zero-order chi connectivity index (χ0) is 24.8. The minimum atomic E-state index is 0.899. The van der Waals surface area contributed by atoms with E-state index < -0.39 is 0 Å². The van der Waals surface area contributed by atoms with Crippen LogP contribution in [0.15, 0.2) is 85.2 Å². The van der Waals surface area contributed by atoms with E-state index in [1.54, 1.807) is 0 Å². The van der Waals surface area contributed by atoms with Crippen molar-refractivity contribution in [3.8, 4) is 22.3 Å². The summed E-state index contributed by atoms with van der Waals surface area (Å²) in [4.78, 5) is 21.3. The van der Waals surface area contributed by atoms with Gasteiger partial charge in [-0.15, -0.1) is 0 Å². The number of nitrogens with zero attached hydrogens (tertiary/aromatic N) is 3. The van der Waals surface area contributed by atoms with Gasteiger partial charge in [0.05, 0.1) is 28.3 Å². The monoisotopic (exact) mass is 477 g/mol. The molecular formula is C32H23N5. The average Bonchev–Trinajstić information content (AvgIpc) is 3.71. The lowest BCUT2D eigenvalue weighted by atomic mass is 9.98. The van der Waals surface area contributed by atoms with Gasteiger partial charge in [-0.1, -0.05) is 29.8 Å². The Hall–Kier alpha value is -5.03. The molecule has 5 nitrogen and oxygen atoms in total. The Morgan fingerprint density at radius 3 is 1.95 bits per heavy atom. The lowest BCUT2D eigenvalue weighted by Gasteiger charge is -2.07. The summed E-state index contributed by atoms with van der Waals surface area (Å²) in [5.41, 5.74) is 13.2. The second kappa shape index (κ2) is 8.57. The van der Waals surface area contributed by atoms with Gasteiger partial charge in [-0.25, -0.2) is 9.97 Å². The molecule has 176 valence electrons. The van der Waals surface area contributed by atoms with Gasteiger partial charge in [0.1, 0.15) is 0 Å². The summed E-state index contributed by atoms with van der Waals surface area (Å²) in [6, 6.07) is 25.2. The van der Waals surface area contributed by atoms with Crippen LogP contribution in [0, 0.1) is 6.92 Å². The molecule has 0 amide bonds. The summed E-state index contributed by atoms with van der Waals surface area (Å²) >= 11 is 0. The van der Waals surface area contributed by atoms with E-state index in [0.29, 0.717) is 0 Å². The van der Waals surface area contributed by atoms with Crippen LogP contribution in [-0.4, -0.2) is 24.9 Å². The van der Waals surface area contributed by atoms with E-state index in [1.165, 1.54) is 5.56 Å². The van der Waals surface area contributed by atoms with Gasteiger partial charge in [-0.05, 0) is 90.9 Å². The molecule has 6 heterocycles. The van der Waals surface area contributed by atoms with E-state index in [2.05, 4.69) is 94.7 Å². The first-order chi connectivity index (χ1) is 18.2. The fourth-order valence-electron chi connectivity index (χ4n) is 4.88. The Kier molecular flexibility index (Phi) is 4.93. The molecule has 8 bridgehead atoms. The first kappa shape index (κ1) is 21.3. The molecule has 4 aromatic heterocycles. The molecule has 0 fully saturated rings. The maximum atomic E-state index is 5.06. The van der Waals surface area contributed by atoms with Crippen LogP contribution in [0.5, 0.6) is 0 Å². The number of aromatic nitrogens is 5. The minimum absolute atomic E-state index is 0.899. The van der Waals surface area contributed by atoms with Crippen LogP contribution in [0.3, 0.4) is 0 Å². The number of aromatic amines is 2. The summed E-state index contributed by atoms with van der Waals surface area (Å²) < 4.78 is 0. The molecule has 0 saturated carbocycles. The van der Waals surface area contributed by atoms with Crippen molar-refractivity contribution in [2.75, 3.05) is 0 Å². The van der Waals surface area contributed by atoms with Gasteiger partial charge >= 0.3 is 0 Å². The van der Waals surface area contributed by atoms with E-state index >= 15 is 0 Å². The predicted molar refractivity (Wildman–Crippen MR) is 152 cm³/mol. The SMILES string of the molecule is Cc1ccc(-c2c3nc(cc4ccc(cc5nc(cc6cc(-c7ccncc7)c2[nH]6)C=C5)[nH]4)C=C3)cc1. The normalized spacial score (nSPS) is 12.2. The largest absolute Gasteiger partial charge is 0.355 e. The molecule has 2 aliphatic rings. The van der Waals surface area contributed by atoms with Crippen LogP contribution in [0.4, 0.5) is 0 Å². The number of pyridine rings is 1. The first-order valence-electron chi connectivity index (χ1n) is 12.3. The van der Waals surface area contributed by atoms with Gasteiger partial charge in [0.25, 0.3) is 0 Å². The topological polar surface area (TPSA) is 70.2 Å². The van der Waals surface area contributed by atoms with Gasteiger partial charge in [0.2, 0.25) is 0 Å². The van der Waals surface area contributed by atoms with E-state index in [1.807, 2.05) is 36.7 Å². The standard InChI is InChI=1S/C32H23N5/c1-20-2-4-22(5-3-20)31-30-11-10-27(36-30)17-25-7-6-23(34-25)16-24-8-9-26(35-24)18-28-19-29(32(31)37-28)21-12-14-33-15-13-21/h2-19,34,37H,1H3. The van der Waals surface area contributed by atoms with Crippen molar-refractivity contribution in [1.29, 1.82) is 0 Å². The quantitative estimate of drug-likeness (QED) is 0.268. The molecule has 0 spiro atoms. The van der Waals surface area contributed by atoms with Gasteiger partial charge in [0.15, 0.2) is 0 Å². The van der Waals surface area contributed by atoms with Crippen molar-refractivity contribution in [1.82, 2.24) is 24.9 Å². The van der Waals surface area contributed by atoms with Crippen LogP contribution < -0.4 is 0 Å².